The van der Waals surface area contributed by atoms with Gasteiger partial charge < -0.3 is 14.4 Å². The molecule has 0 radical (unpaired) electrons. The van der Waals surface area contributed by atoms with Crippen LogP contribution in [0, 0.1) is 5.82 Å². The zero-order chi connectivity index (χ0) is 20.7. The summed E-state index contributed by atoms with van der Waals surface area (Å²) >= 11 is 0. The molecule has 0 saturated carbocycles. The van der Waals surface area contributed by atoms with Crippen molar-refractivity contribution in [3.05, 3.63) is 65.4 Å². The summed E-state index contributed by atoms with van der Waals surface area (Å²) in [5, 5.41) is 19.5. The fourth-order valence-corrected chi connectivity index (χ4v) is 4.21. The third-order valence-electron chi connectivity index (χ3n) is 3.66. The van der Waals surface area contributed by atoms with E-state index in [1.807, 2.05) is 0 Å². The summed E-state index contributed by atoms with van der Waals surface area (Å²) in [6, 6.07) is 8.32. The Morgan fingerprint density at radius 1 is 1.21 bits per heavy atom. The number of phenolic OH excluding ortho intramolecular Hbond substituents is 1. The lowest BCUT2D eigenvalue weighted by Crippen LogP contribution is -2.30. The first kappa shape index (κ1) is 19.8. The van der Waals surface area contributed by atoms with Gasteiger partial charge in [-0.3, -0.25) is 0 Å². The number of anilines is 1. The van der Waals surface area contributed by atoms with Crippen LogP contribution in [0.25, 0.3) is 0 Å². The lowest BCUT2D eigenvalue weighted by molar-refractivity contribution is 0.392. The van der Waals surface area contributed by atoms with Gasteiger partial charge in [0, 0.05) is 12.0 Å². The van der Waals surface area contributed by atoms with Gasteiger partial charge in [-0.25, -0.2) is 13.4 Å². The molecule has 0 unspecified atom stereocenters. The largest absolute Gasteiger partial charge is 0.506 e. The third kappa shape index (κ3) is 4.12. The van der Waals surface area contributed by atoms with Gasteiger partial charge in [0.25, 0.3) is 0 Å². The van der Waals surface area contributed by atoms with Crippen LogP contribution in [0.15, 0.2) is 48.5 Å². The Labute approximate surface area is 160 Å². The number of aliphatic hydroxyl groups is 1. The van der Waals surface area contributed by atoms with E-state index in [9.17, 15) is 31.4 Å². The first-order valence-electron chi connectivity index (χ1n) is 7.68. The van der Waals surface area contributed by atoms with E-state index in [0.29, 0.717) is 16.1 Å². The summed E-state index contributed by atoms with van der Waals surface area (Å²) < 4.78 is 68.1. The van der Waals surface area contributed by atoms with Gasteiger partial charge in [0.1, 0.15) is 17.2 Å². The number of rotatable bonds is 5. The summed E-state index contributed by atoms with van der Waals surface area (Å²) in [5.74, 6) is -2.43. The number of hydrogen-bond donors (Lipinski definition) is 3. The van der Waals surface area contributed by atoms with E-state index in [0.717, 1.165) is 18.4 Å². The zero-order valence-corrected chi connectivity index (χ0v) is 16.0. The number of benzene rings is 2. The molecular weight excluding hydrogens is 415 g/mol. The van der Waals surface area contributed by atoms with E-state index in [1.54, 1.807) is 22.9 Å². The predicted molar refractivity (Wildman–Crippen MR) is 98.0 cm³/mol. The van der Waals surface area contributed by atoms with Crippen molar-refractivity contribution < 1.29 is 35.6 Å². The summed E-state index contributed by atoms with van der Waals surface area (Å²) in [5.41, 5.74) is -0.0190. The van der Waals surface area contributed by atoms with Crippen LogP contribution in [0.4, 0.5) is 10.1 Å². The highest BCUT2D eigenvalue weighted by molar-refractivity contribution is 7.91. The minimum absolute atomic E-state index is 0.00252. The Balaban J connectivity index is 1.97. The monoisotopic (exact) mass is 430 g/mol. The first-order chi connectivity index (χ1) is 13.0. The number of nitrogens with one attached hydrogen (secondary N) is 1. The third-order valence-corrected chi connectivity index (χ3v) is 5.42. The lowest BCUT2D eigenvalue weighted by atomic mass is 10.0. The normalized spacial score (nSPS) is 15.8. The number of halogens is 1. The van der Waals surface area contributed by atoms with Crippen molar-refractivity contribution >= 4 is 26.0 Å². The van der Waals surface area contributed by atoms with Crippen LogP contribution in [0.3, 0.4) is 0 Å². The summed E-state index contributed by atoms with van der Waals surface area (Å²) in [7, 11) is -8.06. The Hall–Kier alpha value is -2.99. The van der Waals surface area contributed by atoms with Gasteiger partial charge in [0.15, 0.2) is 5.82 Å². The van der Waals surface area contributed by atoms with Gasteiger partial charge in [0.2, 0.25) is 5.88 Å². The Morgan fingerprint density at radius 3 is 2.46 bits per heavy atom. The van der Waals surface area contributed by atoms with Gasteiger partial charge in [-0.2, -0.15) is 16.8 Å². The molecule has 9 nitrogen and oxygen atoms in total. The summed E-state index contributed by atoms with van der Waals surface area (Å²) in [6.45, 7) is 0. The molecule has 0 aliphatic carbocycles. The van der Waals surface area contributed by atoms with Crippen LogP contribution >= 0.6 is 0 Å². The second-order valence-electron chi connectivity index (χ2n) is 5.93. The lowest BCUT2D eigenvalue weighted by Gasteiger charge is -2.17. The smallest absolute Gasteiger partial charge is 0.330 e. The van der Waals surface area contributed by atoms with Crippen molar-refractivity contribution in [2.75, 3.05) is 10.6 Å². The maximum absolute atomic E-state index is 14.6. The van der Waals surface area contributed by atoms with E-state index in [2.05, 4.69) is 0 Å². The molecule has 3 rings (SSSR count). The number of aromatic hydroxyl groups is 1. The molecular formula is C16H15FN2O7S2. The minimum atomic E-state index is -4.28. The first-order valence-corrected chi connectivity index (χ1v) is 10.9. The van der Waals surface area contributed by atoms with E-state index >= 15 is 0 Å². The Bertz CT molecular complexity index is 1150. The standard InChI is InChI=1S/C16H15FN2O7S2/c1-27(22,23)26-14-5-3-2-4-11(14)6-10-7-12(17)16(13(20)8-10)19-9-15(21)18-28(19,24)25/h2-5,7-9,18,20-21H,6H2,1H3. The number of hydrogen-bond acceptors (Lipinski definition) is 7. The van der Waals surface area contributed by atoms with Crippen molar-refractivity contribution in [1.82, 2.24) is 4.72 Å². The van der Waals surface area contributed by atoms with Crippen LogP contribution in [0.5, 0.6) is 11.5 Å². The number of para-hydroxylation sites is 1. The van der Waals surface area contributed by atoms with Crippen molar-refractivity contribution in [3.63, 3.8) is 0 Å². The average molecular weight is 430 g/mol. The molecule has 28 heavy (non-hydrogen) atoms. The maximum Gasteiger partial charge on any atom is 0.330 e. The van der Waals surface area contributed by atoms with Crippen LogP contribution in [0.1, 0.15) is 11.1 Å². The predicted octanol–water partition coefficient (Wildman–Crippen LogP) is 1.47. The molecule has 150 valence electrons. The molecule has 1 aliphatic heterocycles. The highest BCUT2D eigenvalue weighted by atomic mass is 32.2. The topological polar surface area (TPSA) is 133 Å². The van der Waals surface area contributed by atoms with Gasteiger partial charge in [-0.1, -0.05) is 18.2 Å². The molecule has 1 aliphatic rings. The van der Waals surface area contributed by atoms with Crippen molar-refractivity contribution in [2.45, 2.75) is 6.42 Å². The molecule has 2 aromatic rings. The highest BCUT2D eigenvalue weighted by Crippen LogP contribution is 2.36. The molecule has 2 aromatic carbocycles. The van der Waals surface area contributed by atoms with Crippen molar-refractivity contribution in [3.8, 4) is 11.5 Å². The molecule has 0 amide bonds. The van der Waals surface area contributed by atoms with Gasteiger partial charge in [-0.05, 0) is 23.8 Å². The second kappa shape index (κ2) is 6.87. The number of phenols is 1. The number of aliphatic hydroxyl groups excluding tert-OH is 1. The molecule has 3 N–H and O–H groups in total. The van der Waals surface area contributed by atoms with Crippen LogP contribution in [-0.2, 0) is 26.7 Å². The fraction of sp³-hybridized carbons (Fsp3) is 0.125. The second-order valence-corrected chi connectivity index (χ2v) is 9.06. The average Bonchev–Trinajstić information content (AvgIpc) is 2.80. The Kier molecular flexibility index (Phi) is 4.85. The van der Waals surface area contributed by atoms with Crippen LogP contribution in [0.2, 0.25) is 0 Å². The number of nitrogens with zero attached hydrogens (tertiary/aromatic N) is 1. The van der Waals surface area contributed by atoms with Gasteiger partial charge in [0.05, 0.1) is 12.5 Å². The molecule has 1 heterocycles. The van der Waals surface area contributed by atoms with Crippen molar-refractivity contribution in [1.29, 1.82) is 0 Å². The van der Waals surface area contributed by atoms with E-state index < -0.39 is 43.5 Å². The highest BCUT2D eigenvalue weighted by Gasteiger charge is 2.33. The molecule has 0 bridgehead atoms. The minimum Gasteiger partial charge on any atom is -0.506 e. The van der Waals surface area contributed by atoms with Gasteiger partial charge >= 0.3 is 20.3 Å². The molecule has 0 atom stereocenters. The van der Waals surface area contributed by atoms with Crippen LogP contribution in [-0.4, -0.2) is 33.3 Å². The fourth-order valence-electron chi connectivity index (χ4n) is 2.65. The quantitative estimate of drug-likeness (QED) is 0.612. The summed E-state index contributed by atoms with van der Waals surface area (Å²) in [4.78, 5) is 0. The van der Waals surface area contributed by atoms with Crippen LogP contribution < -0.4 is 13.2 Å². The Morgan fingerprint density at radius 2 is 1.89 bits per heavy atom. The van der Waals surface area contributed by atoms with E-state index in [1.165, 1.54) is 6.07 Å². The SMILES string of the molecule is CS(=O)(=O)Oc1ccccc1Cc1cc(O)c(N2C=C(O)NS2(=O)=O)c(F)c1. The maximum atomic E-state index is 14.6. The molecule has 0 fully saturated rings. The molecule has 0 saturated heterocycles. The summed E-state index contributed by atoms with van der Waals surface area (Å²) in [6.07, 6.45) is 1.60. The molecule has 12 heteroatoms. The van der Waals surface area contributed by atoms with Gasteiger partial charge in [-0.15, -0.1) is 0 Å². The van der Waals surface area contributed by atoms with E-state index in [-0.39, 0.29) is 17.7 Å². The van der Waals surface area contributed by atoms with Crippen molar-refractivity contribution in [2.24, 2.45) is 0 Å². The van der Waals surface area contributed by atoms with E-state index in [4.69, 9.17) is 4.18 Å². The zero-order valence-electron chi connectivity index (χ0n) is 14.3. The molecule has 0 spiro atoms. The molecule has 0 aromatic heterocycles.